The van der Waals surface area contributed by atoms with E-state index in [4.69, 9.17) is 9.84 Å². The van der Waals surface area contributed by atoms with Crippen LogP contribution >= 0.6 is 11.3 Å². The molecule has 1 aromatic rings. The first-order valence-corrected chi connectivity index (χ1v) is 6.03. The standard InChI is InChI=1S/C10H16N2O2S/c1-12(9-4-2-3-5-14-9)10-11-6-8(7-13)15-10/h6,9,13H,2-5,7H2,1H3. The summed E-state index contributed by atoms with van der Waals surface area (Å²) >= 11 is 1.52. The van der Waals surface area contributed by atoms with Gasteiger partial charge in [-0.15, -0.1) is 0 Å². The van der Waals surface area contributed by atoms with Gasteiger partial charge in [0.15, 0.2) is 5.13 Å². The van der Waals surface area contributed by atoms with E-state index in [0.29, 0.717) is 0 Å². The molecule has 2 heterocycles. The molecule has 1 aliphatic heterocycles. The van der Waals surface area contributed by atoms with Crippen molar-refractivity contribution in [2.24, 2.45) is 0 Å². The highest BCUT2D eigenvalue weighted by Crippen LogP contribution is 2.26. The fourth-order valence-corrected chi connectivity index (χ4v) is 2.46. The number of aromatic nitrogens is 1. The molecule has 0 aromatic carbocycles. The van der Waals surface area contributed by atoms with Crippen LogP contribution in [0.3, 0.4) is 0 Å². The Morgan fingerprint density at radius 1 is 1.67 bits per heavy atom. The molecule has 0 radical (unpaired) electrons. The third kappa shape index (κ3) is 2.48. The summed E-state index contributed by atoms with van der Waals surface area (Å²) in [6.07, 6.45) is 5.30. The third-order valence-corrected chi connectivity index (χ3v) is 3.66. The van der Waals surface area contributed by atoms with E-state index in [1.54, 1.807) is 6.20 Å². The number of rotatable bonds is 3. The molecule has 1 unspecified atom stereocenters. The van der Waals surface area contributed by atoms with Gasteiger partial charge >= 0.3 is 0 Å². The second-order valence-corrected chi connectivity index (χ2v) is 4.79. The molecule has 1 N–H and O–H groups in total. The van der Waals surface area contributed by atoms with E-state index in [-0.39, 0.29) is 12.8 Å². The van der Waals surface area contributed by atoms with E-state index < -0.39 is 0 Å². The molecule has 1 saturated heterocycles. The van der Waals surface area contributed by atoms with E-state index in [1.165, 1.54) is 17.8 Å². The number of thiazole rings is 1. The lowest BCUT2D eigenvalue weighted by Gasteiger charge is -2.30. The van der Waals surface area contributed by atoms with Gasteiger partial charge in [-0.2, -0.15) is 0 Å². The van der Waals surface area contributed by atoms with Gasteiger partial charge in [-0.05, 0) is 19.3 Å². The van der Waals surface area contributed by atoms with Gasteiger partial charge < -0.3 is 14.7 Å². The average Bonchev–Trinajstić information content (AvgIpc) is 2.78. The molecule has 1 aliphatic rings. The van der Waals surface area contributed by atoms with Gasteiger partial charge in [0.1, 0.15) is 6.23 Å². The predicted octanol–water partition coefficient (Wildman–Crippen LogP) is 1.60. The van der Waals surface area contributed by atoms with Crippen molar-refractivity contribution >= 4 is 16.5 Å². The van der Waals surface area contributed by atoms with Gasteiger partial charge in [-0.25, -0.2) is 4.98 Å². The summed E-state index contributed by atoms with van der Waals surface area (Å²) in [7, 11) is 2.00. The van der Waals surface area contributed by atoms with Crippen LogP contribution in [0.1, 0.15) is 24.1 Å². The van der Waals surface area contributed by atoms with Crippen LogP contribution in [-0.4, -0.2) is 30.0 Å². The molecule has 1 atom stereocenters. The van der Waals surface area contributed by atoms with Crippen LogP contribution < -0.4 is 4.90 Å². The SMILES string of the molecule is CN(c1ncc(CO)s1)C1CCCCO1. The summed E-state index contributed by atoms with van der Waals surface area (Å²) in [6, 6.07) is 0. The maximum Gasteiger partial charge on any atom is 0.187 e. The maximum absolute atomic E-state index is 8.96. The van der Waals surface area contributed by atoms with Crippen LogP contribution in [0.5, 0.6) is 0 Å². The lowest BCUT2D eigenvalue weighted by atomic mass is 10.2. The van der Waals surface area contributed by atoms with Crippen LogP contribution in [0.2, 0.25) is 0 Å². The Bertz CT molecular complexity index is 310. The zero-order valence-electron chi connectivity index (χ0n) is 8.85. The Morgan fingerprint density at radius 2 is 2.53 bits per heavy atom. The fraction of sp³-hybridized carbons (Fsp3) is 0.700. The van der Waals surface area contributed by atoms with Crippen LogP contribution in [0, 0.1) is 0 Å². The summed E-state index contributed by atoms with van der Waals surface area (Å²) in [4.78, 5) is 7.22. The van der Waals surface area contributed by atoms with E-state index in [9.17, 15) is 0 Å². The molecule has 0 saturated carbocycles. The highest BCUT2D eigenvalue weighted by Gasteiger charge is 2.20. The Hall–Kier alpha value is -0.650. The van der Waals surface area contributed by atoms with Crippen molar-refractivity contribution in [2.45, 2.75) is 32.1 Å². The largest absolute Gasteiger partial charge is 0.391 e. The van der Waals surface area contributed by atoms with Crippen molar-refractivity contribution in [1.29, 1.82) is 0 Å². The number of hydrogen-bond donors (Lipinski definition) is 1. The molecule has 0 amide bonds. The summed E-state index contributed by atoms with van der Waals surface area (Å²) in [5.74, 6) is 0. The van der Waals surface area contributed by atoms with Gasteiger partial charge in [-0.1, -0.05) is 11.3 Å². The van der Waals surface area contributed by atoms with Gasteiger partial charge in [0, 0.05) is 19.9 Å². The van der Waals surface area contributed by atoms with Crippen molar-refractivity contribution in [3.8, 4) is 0 Å². The van der Waals surface area contributed by atoms with E-state index >= 15 is 0 Å². The molecule has 0 bridgehead atoms. The van der Waals surface area contributed by atoms with Crippen molar-refractivity contribution in [1.82, 2.24) is 4.98 Å². The molecule has 84 valence electrons. The monoisotopic (exact) mass is 228 g/mol. The number of hydrogen-bond acceptors (Lipinski definition) is 5. The van der Waals surface area contributed by atoms with Crippen LogP contribution in [0.15, 0.2) is 6.20 Å². The lowest BCUT2D eigenvalue weighted by Crippen LogP contribution is -2.36. The second kappa shape index (κ2) is 4.92. The Kier molecular flexibility index (Phi) is 3.56. The van der Waals surface area contributed by atoms with Crippen LogP contribution in [-0.2, 0) is 11.3 Å². The molecular weight excluding hydrogens is 212 g/mol. The molecule has 4 nitrogen and oxygen atoms in total. The Labute approximate surface area is 93.5 Å². The van der Waals surface area contributed by atoms with Crippen molar-refractivity contribution in [3.63, 3.8) is 0 Å². The molecule has 1 fully saturated rings. The number of aliphatic hydroxyl groups is 1. The normalized spacial score (nSPS) is 21.6. The van der Waals surface area contributed by atoms with Gasteiger partial charge in [-0.3, -0.25) is 0 Å². The Balaban J connectivity index is 2.02. The first kappa shape index (κ1) is 10.9. The van der Waals surface area contributed by atoms with Gasteiger partial charge in [0.05, 0.1) is 11.5 Å². The average molecular weight is 228 g/mol. The van der Waals surface area contributed by atoms with Crippen molar-refractivity contribution < 1.29 is 9.84 Å². The molecular formula is C10H16N2O2S. The molecule has 0 aliphatic carbocycles. The zero-order chi connectivity index (χ0) is 10.7. The smallest absolute Gasteiger partial charge is 0.187 e. The van der Waals surface area contributed by atoms with E-state index in [0.717, 1.165) is 29.5 Å². The number of anilines is 1. The summed E-state index contributed by atoms with van der Waals surface area (Å²) in [6.45, 7) is 0.907. The molecule has 15 heavy (non-hydrogen) atoms. The highest BCUT2D eigenvalue weighted by atomic mass is 32.1. The minimum atomic E-state index is 0.0665. The highest BCUT2D eigenvalue weighted by molar-refractivity contribution is 7.15. The summed E-state index contributed by atoms with van der Waals surface area (Å²) in [5, 5.41) is 9.89. The zero-order valence-corrected chi connectivity index (χ0v) is 9.66. The molecule has 1 aromatic heterocycles. The van der Waals surface area contributed by atoms with Crippen molar-refractivity contribution in [3.05, 3.63) is 11.1 Å². The first-order chi connectivity index (χ1) is 7.31. The second-order valence-electron chi connectivity index (χ2n) is 3.70. The topological polar surface area (TPSA) is 45.6 Å². The quantitative estimate of drug-likeness (QED) is 0.853. The van der Waals surface area contributed by atoms with Gasteiger partial charge in [0.2, 0.25) is 0 Å². The fourth-order valence-electron chi connectivity index (χ4n) is 1.69. The molecule has 2 rings (SSSR count). The summed E-state index contributed by atoms with van der Waals surface area (Å²) in [5.41, 5.74) is 0. The number of aliphatic hydroxyl groups excluding tert-OH is 1. The minimum absolute atomic E-state index is 0.0665. The lowest BCUT2D eigenvalue weighted by molar-refractivity contribution is 0.0174. The summed E-state index contributed by atoms with van der Waals surface area (Å²) < 4.78 is 5.67. The first-order valence-electron chi connectivity index (χ1n) is 5.21. The molecule has 5 heteroatoms. The maximum atomic E-state index is 8.96. The third-order valence-electron chi connectivity index (χ3n) is 2.59. The minimum Gasteiger partial charge on any atom is -0.391 e. The number of ether oxygens (including phenoxy) is 1. The van der Waals surface area contributed by atoms with Gasteiger partial charge in [0.25, 0.3) is 0 Å². The van der Waals surface area contributed by atoms with E-state index in [1.807, 2.05) is 7.05 Å². The predicted molar refractivity (Wildman–Crippen MR) is 60.0 cm³/mol. The number of nitrogens with zero attached hydrogens (tertiary/aromatic N) is 2. The Morgan fingerprint density at radius 3 is 3.13 bits per heavy atom. The molecule has 0 spiro atoms. The van der Waals surface area contributed by atoms with Crippen LogP contribution in [0.4, 0.5) is 5.13 Å². The van der Waals surface area contributed by atoms with E-state index in [2.05, 4.69) is 9.88 Å². The van der Waals surface area contributed by atoms with Crippen LogP contribution in [0.25, 0.3) is 0 Å². The van der Waals surface area contributed by atoms with Crippen molar-refractivity contribution in [2.75, 3.05) is 18.6 Å².